The van der Waals surface area contributed by atoms with Gasteiger partial charge in [-0.15, -0.1) is 0 Å². The van der Waals surface area contributed by atoms with Gasteiger partial charge < -0.3 is 19.9 Å². The number of alkyl halides is 2. The fraction of sp³-hybridized carbons (Fsp3) is 0.368. The summed E-state index contributed by atoms with van der Waals surface area (Å²) in [4.78, 5) is 20.5. The average Bonchev–Trinajstić information content (AvgIpc) is 2.94. The van der Waals surface area contributed by atoms with Gasteiger partial charge in [0.05, 0.1) is 0 Å². The van der Waals surface area contributed by atoms with Crippen molar-refractivity contribution in [1.82, 2.24) is 9.88 Å². The van der Waals surface area contributed by atoms with Crippen LogP contribution in [0.1, 0.15) is 6.42 Å². The van der Waals surface area contributed by atoms with Crippen LogP contribution in [0.3, 0.4) is 0 Å². The van der Waals surface area contributed by atoms with Crippen molar-refractivity contribution in [3.63, 3.8) is 0 Å². The van der Waals surface area contributed by atoms with Crippen LogP contribution in [-0.2, 0) is 0 Å². The molecule has 1 fully saturated rings. The molecule has 0 unspecified atom stereocenters. The zero-order valence-corrected chi connectivity index (χ0v) is 14.9. The van der Waals surface area contributed by atoms with Gasteiger partial charge in [0.15, 0.2) is 6.61 Å². The molecule has 144 valence electrons. The summed E-state index contributed by atoms with van der Waals surface area (Å²) in [5.74, 6) is -0.00751. The molecular formula is C19H22F2N4O2. The maximum atomic E-state index is 12.6. The molecule has 0 spiro atoms. The van der Waals surface area contributed by atoms with Gasteiger partial charge in [0.25, 0.3) is 6.43 Å². The first kappa shape index (κ1) is 18.9. The molecule has 0 radical (unpaired) electrons. The van der Waals surface area contributed by atoms with E-state index in [9.17, 15) is 13.6 Å². The van der Waals surface area contributed by atoms with E-state index < -0.39 is 13.0 Å². The highest BCUT2D eigenvalue weighted by molar-refractivity contribution is 5.90. The molecule has 3 rings (SSSR count). The molecule has 8 heteroatoms. The molecule has 1 saturated heterocycles. The molecule has 0 aliphatic carbocycles. The first-order valence-corrected chi connectivity index (χ1v) is 8.85. The Labute approximate surface area is 156 Å². The Bertz CT molecular complexity index is 745. The molecule has 1 aromatic heterocycles. The highest BCUT2D eigenvalue weighted by Crippen LogP contribution is 2.22. The first-order valence-electron chi connectivity index (χ1n) is 8.85. The van der Waals surface area contributed by atoms with Crippen molar-refractivity contribution in [1.29, 1.82) is 0 Å². The van der Waals surface area contributed by atoms with Crippen LogP contribution in [0.5, 0.6) is 5.88 Å². The van der Waals surface area contributed by atoms with E-state index in [1.165, 1.54) is 6.20 Å². The number of urea groups is 1. The minimum absolute atomic E-state index is 0.00751. The fourth-order valence-electron chi connectivity index (χ4n) is 2.95. The predicted octanol–water partition coefficient (Wildman–Crippen LogP) is 3.47. The van der Waals surface area contributed by atoms with Crippen LogP contribution >= 0.6 is 0 Å². The largest absolute Gasteiger partial charge is 0.470 e. The molecule has 2 aromatic rings. The third-order valence-electron chi connectivity index (χ3n) is 4.26. The van der Waals surface area contributed by atoms with Crippen molar-refractivity contribution < 1.29 is 18.3 Å². The van der Waals surface area contributed by atoms with Crippen molar-refractivity contribution >= 4 is 17.4 Å². The summed E-state index contributed by atoms with van der Waals surface area (Å²) in [5, 5.41) is 2.72. The molecule has 6 nitrogen and oxygen atoms in total. The summed E-state index contributed by atoms with van der Waals surface area (Å²) < 4.78 is 29.7. The number of para-hydroxylation sites is 1. The lowest BCUT2D eigenvalue weighted by atomic mass is 10.3. The van der Waals surface area contributed by atoms with E-state index in [1.54, 1.807) is 17.0 Å². The van der Waals surface area contributed by atoms with Gasteiger partial charge in [-0.3, -0.25) is 0 Å². The van der Waals surface area contributed by atoms with E-state index in [0.29, 0.717) is 13.1 Å². The number of halogens is 2. The van der Waals surface area contributed by atoms with Gasteiger partial charge >= 0.3 is 6.03 Å². The Kier molecular flexibility index (Phi) is 6.40. The topological polar surface area (TPSA) is 57.7 Å². The highest BCUT2D eigenvalue weighted by atomic mass is 19.3. The zero-order chi connectivity index (χ0) is 19.1. The van der Waals surface area contributed by atoms with Crippen LogP contribution in [0, 0.1) is 0 Å². The number of carbonyl (C=O) groups is 1. The number of aromatic nitrogens is 1. The number of ether oxygens (including phenoxy) is 1. The van der Waals surface area contributed by atoms with Gasteiger partial charge in [0.1, 0.15) is 5.69 Å². The number of carbonyl (C=O) groups excluding carboxylic acids is 1. The molecule has 1 aromatic carbocycles. The van der Waals surface area contributed by atoms with E-state index in [2.05, 4.69) is 27.3 Å². The van der Waals surface area contributed by atoms with Crippen molar-refractivity contribution in [3.8, 4) is 5.88 Å². The maximum Gasteiger partial charge on any atom is 0.322 e. The van der Waals surface area contributed by atoms with E-state index in [-0.39, 0.29) is 17.6 Å². The van der Waals surface area contributed by atoms with Crippen LogP contribution in [-0.4, -0.2) is 55.1 Å². The Hall–Kier alpha value is -2.90. The average molecular weight is 376 g/mol. The molecule has 0 saturated carbocycles. The van der Waals surface area contributed by atoms with Crippen LogP contribution in [0.2, 0.25) is 0 Å². The lowest BCUT2D eigenvalue weighted by Crippen LogP contribution is -2.38. The summed E-state index contributed by atoms with van der Waals surface area (Å²) >= 11 is 0. The number of anilines is 2. The Morgan fingerprint density at radius 3 is 2.70 bits per heavy atom. The molecule has 27 heavy (non-hydrogen) atoms. The van der Waals surface area contributed by atoms with Gasteiger partial charge in [0.2, 0.25) is 5.88 Å². The molecule has 1 N–H and O–H groups in total. The SMILES string of the molecule is O=C(Nc1cccnc1OCC(F)F)N1CCCN(c2ccccc2)CC1. The normalized spacial score (nSPS) is 14.8. The number of hydrogen-bond acceptors (Lipinski definition) is 4. The van der Waals surface area contributed by atoms with Gasteiger partial charge in [-0.05, 0) is 30.7 Å². The third-order valence-corrected chi connectivity index (χ3v) is 4.26. The summed E-state index contributed by atoms with van der Waals surface area (Å²) in [6, 6.07) is 13.0. The fourth-order valence-corrected chi connectivity index (χ4v) is 2.95. The van der Waals surface area contributed by atoms with Crippen molar-refractivity contribution in [3.05, 3.63) is 48.7 Å². The number of hydrogen-bond donors (Lipinski definition) is 1. The molecule has 1 aliphatic heterocycles. The zero-order valence-electron chi connectivity index (χ0n) is 14.9. The first-order chi connectivity index (χ1) is 13.1. The summed E-state index contributed by atoms with van der Waals surface area (Å²) in [7, 11) is 0. The number of nitrogens with one attached hydrogen (secondary N) is 1. The molecule has 2 amide bonds. The number of benzene rings is 1. The third kappa shape index (κ3) is 5.29. The second kappa shape index (κ2) is 9.16. The second-order valence-corrected chi connectivity index (χ2v) is 6.15. The lowest BCUT2D eigenvalue weighted by Gasteiger charge is -2.24. The minimum atomic E-state index is -2.61. The number of amides is 2. The van der Waals surface area contributed by atoms with E-state index in [4.69, 9.17) is 4.74 Å². The lowest BCUT2D eigenvalue weighted by molar-refractivity contribution is 0.0800. The van der Waals surface area contributed by atoms with Crippen molar-refractivity contribution in [2.45, 2.75) is 12.8 Å². The standard InChI is InChI=1S/C19H22F2N4O2/c20-17(21)14-27-18-16(8-4-9-22-18)23-19(26)25-11-5-10-24(12-13-25)15-6-2-1-3-7-15/h1-4,6-9,17H,5,10-14H2,(H,23,26). The van der Waals surface area contributed by atoms with Gasteiger partial charge in [0, 0.05) is 38.1 Å². The minimum Gasteiger partial charge on any atom is -0.470 e. The van der Waals surface area contributed by atoms with Crippen molar-refractivity contribution in [2.75, 3.05) is 43.0 Å². The van der Waals surface area contributed by atoms with E-state index >= 15 is 0 Å². The molecule has 2 heterocycles. The van der Waals surface area contributed by atoms with Crippen LogP contribution in [0.4, 0.5) is 25.0 Å². The summed E-state index contributed by atoms with van der Waals surface area (Å²) in [6.45, 7) is 2.00. The van der Waals surface area contributed by atoms with Crippen LogP contribution in [0.15, 0.2) is 48.7 Å². The van der Waals surface area contributed by atoms with E-state index in [0.717, 1.165) is 25.2 Å². The Balaban J connectivity index is 1.60. The van der Waals surface area contributed by atoms with Gasteiger partial charge in [-0.2, -0.15) is 0 Å². The Morgan fingerprint density at radius 1 is 1.11 bits per heavy atom. The monoisotopic (exact) mass is 376 g/mol. The Morgan fingerprint density at radius 2 is 1.93 bits per heavy atom. The summed E-state index contributed by atoms with van der Waals surface area (Å²) in [6.07, 6.45) is -0.338. The predicted molar refractivity (Wildman–Crippen MR) is 99.6 cm³/mol. The molecule has 0 bridgehead atoms. The highest BCUT2D eigenvalue weighted by Gasteiger charge is 2.20. The van der Waals surface area contributed by atoms with Crippen LogP contribution in [0.25, 0.3) is 0 Å². The number of rotatable bonds is 5. The van der Waals surface area contributed by atoms with Gasteiger partial charge in [-0.25, -0.2) is 18.6 Å². The molecular weight excluding hydrogens is 354 g/mol. The smallest absolute Gasteiger partial charge is 0.322 e. The molecule has 0 atom stereocenters. The second-order valence-electron chi connectivity index (χ2n) is 6.15. The summed E-state index contributed by atoms with van der Waals surface area (Å²) in [5.41, 5.74) is 1.42. The molecule has 1 aliphatic rings. The number of nitrogens with zero attached hydrogens (tertiary/aromatic N) is 3. The van der Waals surface area contributed by atoms with E-state index in [1.807, 2.05) is 18.2 Å². The van der Waals surface area contributed by atoms with Crippen LogP contribution < -0.4 is 15.0 Å². The quantitative estimate of drug-likeness (QED) is 0.868. The number of pyridine rings is 1. The van der Waals surface area contributed by atoms with Crippen molar-refractivity contribution in [2.24, 2.45) is 0 Å². The maximum absolute atomic E-state index is 12.6. The van der Waals surface area contributed by atoms with Gasteiger partial charge in [-0.1, -0.05) is 18.2 Å².